The molecule has 0 spiro atoms. The zero-order valence-corrected chi connectivity index (χ0v) is 22.0. The molecule has 1 fully saturated rings. The summed E-state index contributed by atoms with van der Waals surface area (Å²) in [4.78, 5) is 60.9. The van der Waals surface area contributed by atoms with Crippen LogP contribution in [0.15, 0.2) is 34.0 Å². The van der Waals surface area contributed by atoms with E-state index in [1.807, 2.05) is 0 Å². The van der Waals surface area contributed by atoms with Crippen molar-refractivity contribution in [3.63, 3.8) is 0 Å². The van der Waals surface area contributed by atoms with Crippen molar-refractivity contribution >= 4 is 57.7 Å². The number of nitrogens with one attached hydrogen (secondary N) is 1. The van der Waals surface area contributed by atoms with E-state index in [1.54, 1.807) is 38.3 Å². The van der Waals surface area contributed by atoms with Crippen molar-refractivity contribution in [1.29, 1.82) is 0 Å². The highest BCUT2D eigenvalue weighted by molar-refractivity contribution is 8.00. The van der Waals surface area contributed by atoms with Crippen LogP contribution >= 0.6 is 23.1 Å². The smallest absolute Gasteiger partial charge is 0.358 e. The lowest BCUT2D eigenvalue weighted by Crippen LogP contribution is -2.71. The first kappa shape index (κ1) is 27.2. The molecule has 2 aliphatic rings. The minimum absolute atomic E-state index is 0.0376. The van der Waals surface area contributed by atoms with E-state index < -0.39 is 41.5 Å². The minimum atomic E-state index is -1.14. The monoisotopic (exact) mass is 537 g/mol. The summed E-state index contributed by atoms with van der Waals surface area (Å²) in [5.74, 6) is -2.21. The van der Waals surface area contributed by atoms with E-state index in [0.29, 0.717) is 11.3 Å². The first-order chi connectivity index (χ1) is 17.0. The molecule has 0 aromatic carbocycles. The van der Waals surface area contributed by atoms with E-state index >= 15 is 0 Å². The second-order valence-electron chi connectivity index (χ2n) is 7.98. The van der Waals surface area contributed by atoms with Gasteiger partial charge in [0.2, 0.25) is 6.29 Å². The number of carbonyl (C=O) groups is 4. The number of carbonyl (C=O) groups excluding carboxylic acids is 4. The maximum absolute atomic E-state index is 13.1. The van der Waals surface area contributed by atoms with Gasteiger partial charge in [-0.25, -0.2) is 9.78 Å². The van der Waals surface area contributed by atoms with Crippen LogP contribution in [-0.4, -0.2) is 68.9 Å². The topological polar surface area (TPSA) is 163 Å². The Morgan fingerprint density at radius 2 is 2.03 bits per heavy atom. The lowest BCUT2D eigenvalue weighted by molar-refractivity contribution is -0.182. The molecule has 1 unspecified atom stereocenters. The van der Waals surface area contributed by atoms with Gasteiger partial charge in [-0.1, -0.05) is 17.3 Å². The molecule has 2 aliphatic heterocycles. The van der Waals surface area contributed by atoms with Gasteiger partial charge in [-0.3, -0.25) is 19.3 Å². The largest absolute Gasteiger partial charge is 0.426 e. The van der Waals surface area contributed by atoms with Gasteiger partial charge in [0.05, 0.1) is 0 Å². The van der Waals surface area contributed by atoms with Crippen LogP contribution in [0.3, 0.4) is 0 Å². The van der Waals surface area contributed by atoms with Crippen LogP contribution in [0.2, 0.25) is 0 Å². The van der Waals surface area contributed by atoms with Gasteiger partial charge in [-0.05, 0) is 26.3 Å². The number of aromatic nitrogens is 1. The lowest BCUT2D eigenvalue weighted by atomic mass is 10.0. The number of hydrogen-bond acceptors (Lipinski definition) is 12. The second kappa shape index (κ2) is 11.6. The van der Waals surface area contributed by atoms with E-state index in [9.17, 15) is 19.2 Å². The number of anilines is 1. The summed E-state index contributed by atoms with van der Waals surface area (Å²) < 4.78 is 10.1. The normalized spacial score (nSPS) is 20.7. The fraction of sp³-hybridized carbons (Fsp3) is 0.455. The molecule has 2 amide bonds. The third-order valence-corrected chi connectivity index (χ3v) is 6.76. The van der Waals surface area contributed by atoms with E-state index in [4.69, 9.17) is 20.0 Å². The Kier molecular flexibility index (Phi) is 8.74. The van der Waals surface area contributed by atoms with E-state index in [0.717, 1.165) is 11.3 Å². The van der Waals surface area contributed by atoms with Crippen molar-refractivity contribution in [2.75, 3.05) is 11.5 Å². The number of nitrogens with two attached hydrogens (primary N) is 1. The fourth-order valence-electron chi connectivity index (χ4n) is 3.39. The number of β-lactam (4-membered cyclic amide) rings is 1. The molecule has 3 N–H and O–H groups in total. The number of amides is 2. The summed E-state index contributed by atoms with van der Waals surface area (Å²) in [7, 11) is 0. The number of ether oxygens (including phenoxy) is 2. The predicted octanol–water partition coefficient (Wildman–Crippen LogP) is 1.54. The molecule has 12 nitrogen and oxygen atoms in total. The maximum atomic E-state index is 13.1. The Bertz CT molecular complexity index is 1140. The lowest BCUT2D eigenvalue weighted by Gasteiger charge is -2.49. The molecule has 0 radical (unpaired) electrons. The highest BCUT2D eigenvalue weighted by Gasteiger charge is 2.54. The van der Waals surface area contributed by atoms with Gasteiger partial charge in [0.25, 0.3) is 11.8 Å². The molecule has 3 heterocycles. The van der Waals surface area contributed by atoms with Gasteiger partial charge in [0.15, 0.2) is 10.8 Å². The number of thioether (sulfide) groups is 1. The summed E-state index contributed by atoms with van der Waals surface area (Å²) in [6.07, 6.45) is 2.01. The first-order valence-corrected chi connectivity index (χ1v) is 12.9. The number of thiazole rings is 1. The van der Waals surface area contributed by atoms with E-state index in [-0.39, 0.29) is 28.3 Å². The molecule has 36 heavy (non-hydrogen) atoms. The zero-order chi connectivity index (χ0) is 26.6. The van der Waals surface area contributed by atoms with Crippen LogP contribution < -0.4 is 11.1 Å². The SMILES string of the molecule is C/C=C\C1=C(C(=O)OC(C)OC(C)=O)N2C(=O)[C@@H](NC(=O)/C(=N\OC(C)C)c3csc(N)n3)[C@@H]2SC1. The molecule has 3 atom stereocenters. The Labute approximate surface area is 215 Å². The maximum Gasteiger partial charge on any atom is 0.358 e. The summed E-state index contributed by atoms with van der Waals surface area (Å²) in [5, 5.41) is 7.83. The third kappa shape index (κ3) is 6.05. The standard InChI is InChI=1S/C22H27N5O7S2/c1-6-7-13-8-35-20-16(19(30)27(20)17(13)21(31)33-12(5)32-11(4)28)25-18(29)15(26-34-10(2)3)14-9-36-22(23)24-14/h6-7,9-10,12,16,20H,8H2,1-5H3,(H2,23,24)(H,25,29)/b7-6-,26-15-/t12?,16-,20+/m1/s1. The minimum Gasteiger partial charge on any atom is -0.426 e. The number of oxime groups is 1. The number of fused-ring (bicyclic) bond motifs is 1. The fourth-order valence-corrected chi connectivity index (χ4v) is 5.26. The number of nitrogens with zero attached hydrogens (tertiary/aromatic N) is 3. The highest BCUT2D eigenvalue weighted by atomic mass is 32.2. The molecule has 1 aromatic heterocycles. The van der Waals surface area contributed by atoms with Gasteiger partial charge < -0.3 is 25.4 Å². The molecule has 1 aromatic rings. The number of allylic oxidation sites excluding steroid dienone is 2. The summed E-state index contributed by atoms with van der Waals surface area (Å²) >= 11 is 2.51. The number of rotatable bonds is 9. The van der Waals surface area contributed by atoms with Crippen LogP contribution in [0.5, 0.6) is 0 Å². The first-order valence-electron chi connectivity index (χ1n) is 11.0. The molecule has 1 saturated heterocycles. The second-order valence-corrected chi connectivity index (χ2v) is 9.98. The van der Waals surface area contributed by atoms with E-state index in [1.165, 1.54) is 30.5 Å². The van der Waals surface area contributed by atoms with Crippen LogP contribution in [0.1, 0.15) is 40.3 Å². The molecule has 0 aliphatic carbocycles. The van der Waals surface area contributed by atoms with Gasteiger partial charge in [0, 0.05) is 25.0 Å². The van der Waals surface area contributed by atoms with Crippen molar-refractivity contribution in [3.05, 3.63) is 34.5 Å². The third-order valence-electron chi connectivity index (χ3n) is 4.78. The van der Waals surface area contributed by atoms with Crippen LogP contribution in [0.4, 0.5) is 5.13 Å². The molecule has 0 saturated carbocycles. The Morgan fingerprint density at radius 3 is 2.61 bits per heavy atom. The summed E-state index contributed by atoms with van der Waals surface area (Å²) in [6.45, 7) is 7.87. The van der Waals surface area contributed by atoms with Crippen LogP contribution in [0, 0.1) is 0 Å². The Balaban J connectivity index is 1.81. The van der Waals surface area contributed by atoms with E-state index in [2.05, 4.69) is 15.5 Å². The van der Waals surface area contributed by atoms with Crippen molar-refractivity contribution in [3.8, 4) is 0 Å². The Morgan fingerprint density at radius 1 is 1.31 bits per heavy atom. The summed E-state index contributed by atoms with van der Waals surface area (Å²) in [5.41, 5.74) is 6.40. The van der Waals surface area contributed by atoms with Crippen LogP contribution in [-0.2, 0) is 33.5 Å². The van der Waals surface area contributed by atoms with Crippen molar-refractivity contribution < 1.29 is 33.5 Å². The molecular formula is C22H27N5O7S2. The van der Waals surface area contributed by atoms with Gasteiger partial charge >= 0.3 is 11.9 Å². The van der Waals surface area contributed by atoms with Gasteiger partial charge in [-0.15, -0.1) is 23.1 Å². The quantitative estimate of drug-likeness (QED) is 0.155. The molecular weight excluding hydrogens is 510 g/mol. The highest BCUT2D eigenvalue weighted by Crippen LogP contribution is 2.41. The zero-order valence-electron chi connectivity index (χ0n) is 20.3. The Hall–Kier alpha value is -3.39. The molecule has 0 bridgehead atoms. The van der Waals surface area contributed by atoms with Gasteiger partial charge in [0.1, 0.15) is 28.9 Å². The number of hydrogen-bond donors (Lipinski definition) is 2. The molecule has 194 valence electrons. The average Bonchev–Trinajstić information content (AvgIpc) is 3.22. The summed E-state index contributed by atoms with van der Waals surface area (Å²) in [6, 6.07) is -0.927. The predicted molar refractivity (Wildman–Crippen MR) is 133 cm³/mol. The average molecular weight is 538 g/mol. The number of nitrogen functional groups attached to an aromatic ring is 1. The van der Waals surface area contributed by atoms with Crippen LogP contribution in [0.25, 0.3) is 0 Å². The molecule has 14 heteroatoms. The van der Waals surface area contributed by atoms with Crippen molar-refractivity contribution in [1.82, 2.24) is 15.2 Å². The number of esters is 2. The molecule has 3 rings (SSSR count). The van der Waals surface area contributed by atoms with Crippen molar-refractivity contribution in [2.45, 2.75) is 58.4 Å². The van der Waals surface area contributed by atoms with Crippen molar-refractivity contribution in [2.24, 2.45) is 5.16 Å². The van der Waals surface area contributed by atoms with Gasteiger partial charge in [-0.2, -0.15) is 0 Å².